The Hall–Kier alpha value is -1.85. The zero-order valence-corrected chi connectivity index (χ0v) is 13.2. The van der Waals surface area contributed by atoms with Gasteiger partial charge < -0.3 is 14.8 Å². The molecule has 2 unspecified atom stereocenters. The number of nitrogens with one attached hydrogen (secondary N) is 1. The molecule has 6 nitrogen and oxygen atoms in total. The molecule has 0 aromatic carbocycles. The van der Waals surface area contributed by atoms with Gasteiger partial charge in [-0.25, -0.2) is 4.98 Å². The lowest BCUT2D eigenvalue weighted by Crippen LogP contribution is -2.63. The molecule has 2 amide bonds. The molecule has 1 N–H and O–H groups in total. The molecule has 21 heavy (non-hydrogen) atoms. The highest BCUT2D eigenvalue weighted by molar-refractivity contribution is 5.96. The van der Waals surface area contributed by atoms with Crippen molar-refractivity contribution in [3.8, 4) is 0 Å². The molecule has 1 aliphatic rings. The van der Waals surface area contributed by atoms with E-state index in [1.807, 2.05) is 17.7 Å². The smallest absolute Gasteiger partial charge is 0.245 e. The summed E-state index contributed by atoms with van der Waals surface area (Å²) in [6.45, 7) is 8.99. The number of hydrogen-bond acceptors (Lipinski definition) is 3. The Morgan fingerprint density at radius 2 is 2.05 bits per heavy atom. The average molecular weight is 292 g/mol. The van der Waals surface area contributed by atoms with Crippen LogP contribution in [0.5, 0.6) is 0 Å². The molecule has 1 aromatic rings. The highest BCUT2D eigenvalue weighted by Gasteiger charge is 2.38. The molecule has 0 aliphatic carbocycles. The van der Waals surface area contributed by atoms with Crippen LogP contribution in [0.15, 0.2) is 12.4 Å². The molecule has 116 valence electrons. The van der Waals surface area contributed by atoms with Crippen molar-refractivity contribution >= 4 is 11.8 Å². The number of piperazine rings is 1. The van der Waals surface area contributed by atoms with Gasteiger partial charge in [0.05, 0.1) is 0 Å². The summed E-state index contributed by atoms with van der Waals surface area (Å²) < 4.78 is 2.00. The molecule has 1 aromatic heterocycles. The molecular formula is C15H24N4O2. The summed E-state index contributed by atoms with van der Waals surface area (Å²) in [5.41, 5.74) is 0. The maximum absolute atomic E-state index is 12.4. The Bertz CT molecular complexity index is 523. The summed E-state index contributed by atoms with van der Waals surface area (Å²) in [5, 5.41) is 2.77. The number of carbonyl (C=O) groups is 2. The summed E-state index contributed by atoms with van der Waals surface area (Å²) >= 11 is 0. The first-order valence-electron chi connectivity index (χ1n) is 7.48. The molecule has 2 heterocycles. The van der Waals surface area contributed by atoms with Gasteiger partial charge in [-0.3, -0.25) is 9.59 Å². The standard InChI is InChI=1S/C15H24N4O2/c1-10(2)9-13-14(20)17-11(3)15(21)19(13)8-7-18-6-5-16-12(18)4/h5-6,10-11,13H,7-9H2,1-4H3,(H,17,20). The molecule has 2 atom stereocenters. The van der Waals surface area contributed by atoms with Gasteiger partial charge in [-0.2, -0.15) is 0 Å². The number of hydrogen-bond donors (Lipinski definition) is 1. The minimum atomic E-state index is -0.440. The van der Waals surface area contributed by atoms with E-state index in [4.69, 9.17) is 0 Å². The summed E-state index contributed by atoms with van der Waals surface area (Å²) in [6.07, 6.45) is 4.33. The van der Waals surface area contributed by atoms with Crippen molar-refractivity contribution in [2.75, 3.05) is 6.54 Å². The second-order valence-corrected chi connectivity index (χ2v) is 6.08. The monoisotopic (exact) mass is 292 g/mol. The Labute approximate surface area is 125 Å². The molecule has 0 radical (unpaired) electrons. The fourth-order valence-electron chi connectivity index (χ4n) is 2.72. The molecular weight excluding hydrogens is 268 g/mol. The Morgan fingerprint density at radius 3 is 2.62 bits per heavy atom. The fraction of sp³-hybridized carbons (Fsp3) is 0.667. The van der Waals surface area contributed by atoms with Crippen molar-refractivity contribution < 1.29 is 9.59 Å². The average Bonchev–Trinajstić information content (AvgIpc) is 2.81. The lowest BCUT2D eigenvalue weighted by molar-refractivity contribution is -0.149. The van der Waals surface area contributed by atoms with Gasteiger partial charge in [0.1, 0.15) is 17.9 Å². The van der Waals surface area contributed by atoms with E-state index in [1.54, 1.807) is 18.0 Å². The van der Waals surface area contributed by atoms with Crippen LogP contribution in [-0.4, -0.2) is 44.9 Å². The van der Waals surface area contributed by atoms with Crippen LogP contribution in [0.3, 0.4) is 0 Å². The zero-order valence-electron chi connectivity index (χ0n) is 13.2. The van der Waals surface area contributed by atoms with Gasteiger partial charge in [0.25, 0.3) is 0 Å². The van der Waals surface area contributed by atoms with Gasteiger partial charge in [0.2, 0.25) is 11.8 Å². The van der Waals surface area contributed by atoms with E-state index in [1.165, 1.54) is 0 Å². The van der Waals surface area contributed by atoms with E-state index in [0.717, 1.165) is 5.82 Å². The highest BCUT2D eigenvalue weighted by Crippen LogP contribution is 2.17. The summed E-state index contributed by atoms with van der Waals surface area (Å²) in [7, 11) is 0. The molecule has 1 aliphatic heterocycles. The molecule has 1 fully saturated rings. The first kappa shape index (κ1) is 15.5. The predicted molar refractivity (Wildman–Crippen MR) is 79.5 cm³/mol. The third kappa shape index (κ3) is 3.43. The van der Waals surface area contributed by atoms with Crippen molar-refractivity contribution in [1.29, 1.82) is 0 Å². The van der Waals surface area contributed by atoms with Crippen molar-refractivity contribution in [2.45, 2.75) is 52.7 Å². The molecule has 6 heteroatoms. The Kier molecular flexibility index (Phi) is 4.65. The van der Waals surface area contributed by atoms with E-state index >= 15 is 0 Å². The lowest BCUT2D eigenvalue weighted by Gasteiger charge is -2.38. The first-order chi connectivity index (χ1) is 9.90. The van der Waals surface area contributed by atoms with Crippen LogP contribution in [0, 0.1) is 12.8 Å². The second kappa shape index (κ2) is 6.28. The van der Waals surface area contributed by atoms with E-state index in [9.17, 15) is 9.59 Å². The van der Waals surface area contributed by atoms with Crippen molar-refractivity contribution in [1.82, 2.24) is 19.8 Å². The Morgan fingerprint density at radius 1 is 1.33 bits per heavy atom. The lowest BCUT2D eigenvalue weighted by atomic mass is 9.98. The van der Waals surface area contributed by atoms with Gasteiger partial charge in [0, 0.05) is 25.5 Å². The van der Waals surface area contributed by atoms with E-state index in [0.29, 0.717) is 25.4 Å². The second-order valence-electron chi connectivity index (χ2n) is 6.08. The number of imidazole rings is 1. The van der Waals surface area contributed by atoms with Crippen LogP contribution in [0.1, 0.15) is 33.0 Å². The predicted octanol–water partition coefficient (Wildman–Crippen LogP) is 0.953. The van der Waals surface area contributed by atoms with Gasteiger partial charge in [-0.15, -0.1) is 0 Å². The van der Waals surface area contributed by atoms with Crippen LogP contribution in [0.4, 0.5) is 0 Å². The largest absolute Gasteiger partial charge is 0.343 e. The maximum Gasteiger partial charge on any atom is 0.245 e. The topological polar surface area (TPSA) is 67.2 Å². The van der Waals surface area contributed by atoms with Crippen LogP contribution < -0.4 is 5.32 Å². The fourth-order valence-corrected chi connectivity index (χ4v) is 2.72. The molecule has 0 bridgehead atoms. The van der Waals surface area contributed by atoms with Crippen molar-refractivity contribution in [2.24, 2.45) is 5.92 Å². The normalized spacial score (nSPS) is 22.8. The van der Waals surface area contributed by atoms with Gasteiger partial charge in [-0.1, -0.05) is 13.8 Å². The quantitative estimate of drug-likeness (QED) is 0.878. The van der Waals surface area contributed by atoms with Gasteiger partial charge >= 0.3 is 0 Å². The van der Waals surface area contributed by atoms with Crippen LogP contribution >= 0.6 is 0 Å². The third-order valence-corrected chi connectivity index (χ3v) is 3.89. The summed E-state index contributed by atoms with van der Waals surface area (Å²) in [5.74, 6) is 1.23. The number of rotatable bonds is 5. The van der Waals surface area contributed by atoms with Crippen molar-refractivity contribution in [3.05, 3.63) is 18.2 Å². The van der Waals surface area contributed by atoms with Crippen molar-refractivity contribution in [3.63, 3.8) is 0 Å². The van der Waals surface area contributed by atoms with Crippen LogP contribution in [0.2, 0.25) is 0 Å². The van der Waals surface area contributed by atoms with Gasteiger partial charge in [-0.05, 0) is 26.2 Å². The highest BCUT2D eigenvalue weighted by atomic mass is 16.2. The zero-order chi connectivity index (χ0) is 15.6. The summed E-state index contributed by atoms with van der Waals surface area (Å²) in [4.78, 5) is 30.5. The van der Waals surface area contributed by atoms with Crippen LogP contribution in [0.25, 0.3) is 0 Å². The number of aryl methyl sites for hydroxylation is 1. The van der Waals surface area contributed by atoms with Gasteiger partial charge in [0.15, 0.2) is 0 Å². The maximum atomic E-state index is 12.4. The molecule has 0 saturated carbocycles. The molecule has 0 spiro atoms. The molecule has 2 rings (SSSR count). The van der Waals surface area contributed by atoms with E-state index in [2.05, 4.69) is 24.1 Å². The first-order valence-corrected chi connectivity index (χ1v) is 7.48. The summed E-state index contributed by atoms with van der Waals surface area (Å²) in [6, 6.07) is -0.803. The van der Waals surface area contributed by atoms with E-state index < -0.39 is 6.04 Å². The molecule has 1 saturated heterocycles. The Balaban J connectivity index is 2.12. The number of nitrogens with zero attached hydrogens (tertiary/aromatic N) is 3. The van der Waals surface area contributed by atoms with Crippen LogP contribution in [-0.2, 0) is 16.1 Å². The van der Waals surface area contributed by atoms with E-state index in [-0.39, 0.29) is 17.9 Å². The minimum Gasteiger partial charge on any atom is -0.343 e. The SMILES string of the molecule is Cc1nccn1CCN1C(=O)C(C)NC(=O)C1CC(C)C. The minimum absolute atomic E-state index is 0.00183. The number of amides is 2. The number of carbonyl (C=O) groups excluding carboxylic acids is 2. The third-order valence-electron chi connectivity index (χ3n) is 3.89. The number of aromatic nitrogens is 2.